The summed E-state index contributed by atoms with van der Waals surface area (Å²) in [4.78, 5) is 0. The van der Waals surface area contributed by atoms with Crippen LogP contribution in [0.1, 0.15) is 24.5 Å². The Bertz CT molecular complexity index is 365. The molecule has 14 heavy (non-hydrogen) atoms. The van der Waals surface area contributed by atoms with Crippen molar-refractivity contribution in [3.8, 4) is 0 Å². The van der Waals surface area contributed by atoms with Crippen LogP contribution in [0.3, 0.4) is 0 Å². The Morgan fingerprint density at radius 1 is 1.21 bits per heavy atom. The van der Waals surface area contributed by atoms with E-state index < -0.39 is 21.8 Å². The molecule has 1 atom stereocenters. The maximum absolute atomic E-state index is 2.51. The van der Waals surface area contributed by atoms with Gasteiger partial charge in [0.25, 0.3) is 0 Å². The van der Waals surface area contributed by atoms with Crippen molar-refractivity contribution in [3.63, 3.8) is 0 Å². The maximum atomic E-state index is 2.51. The van der Waals surface area contributed by atoms with Gasteiger partial charge in [0.05, 0.1) is 0 Å². The minimum absolute atomic E-state index is 0.485. The van der Waals surface area contributed by atoms with Crippen molar-refractivity contribution in [3.05, 3.63) is 41.5 Å². The number of allylic oxidation sites excluding steroid dienone is 1. The van der Waals surface area contributed by atoms with E-state index in [0.717, 1.165) is 0 Å². The van der Waals surface area contributed by atoms with Crippen LogP contribution < -0.4 is 0 Å². The predicted molar refractivity (Wildman–Crippen MR) is 59.2 cm³/mol. The average molecular weight is 265 g/mol. The van der Waals surface area contributed by atoms with E-state index in [1.807, 2.05) is 0 Å². The first-order chi connectivity index (χ1) is 6.70. The normalized spacial score (nSPS) is 23.6. The van der Waals surface area contributed by atoms with E-state index in [9.17, 15) is 0 Å². The number of fused-ring (bicyclic) bond motifs is 1. The summed E-state index contributed by atoms with van der Waals surface area (Å²) in [5, 5.41) is 0. The zero-order chi connectivity index (χ0) is 10.2. The summed E-state index contributed by atoms with van der Waals surface area (Å²) in [6.07, 6.45) is 6.08. The van der Waals surface area contributed by atoms with Gasteiger partial charge < -0.3 is 0 Å². The van der Waals surface area contributed by atoms with Crippen molar-refractivity contribution in [1.82, 2.24) is 0 Å². The zero-order valence-electron chi connectivity index (χ0n) is 9.17. The van der Waals surface area contributed by atoms with E-state index in [1.54, 1.807) is 5.56 Å². The van der Waals surface area contributed by atoms with Gasteiger partial charge in [-0.25, -0.2) is 0 Å². The van der Waals surface area contributed by atoms with Crippen LogP contribution in [0.4, 0.5) is 0 Å². The Hall–Kier alpha value is -0.157. The molecule has 1 aliphatic rings. The van der Waals surface area contributed by atoms with Crippen molar-refractivity contribution in [1.29, 1.82) is 0 Å². The second kappa shape index (κ2) is 3.78. The third-order valence-electron chi connectivity index (χ3n) is 3.44. The molecule has 0 saturated carbocycles. The van der Waals surface area contributed by atoms with Gasteiger partial charge in [0.1, 0.15) is 0 Å². The fraction of sp³-hybridized carbons (Fsp3) is 0.385. The van der Waals surface area contributed by atoms with Crippen LogP contribution in [-0.4, -0.2) is 0 Å². The molecule has 2 rings (SSSR count). The van der Waals surface area contributed by atoms with Crippen molar-refractivity contribution < 1.29 is 21.8 Å². The Morgan fingerprint density at radius 2 is 1.93 bits per heavy atom. The van der Waals surface area contributed by atoms with Gasteiger partial charge in [-0.1, -0.05) is 0 Å². The van der Waals surface area contributed by atoms with Crippen LogP contribution in [0, 0.1) is 0 Å². The topological polar surface area (TPSA) is 0 Å². The van der Waals surface area contributed by atoms with Crippen LogP contribution in [0.15, 0.2) is 30.3 Å². The van der Waals surface area contributed by atoms with Gasteiger partial charge >= 0.3 is 95.0 Å². The Morgan fingerprint density at radius 3 is 2.57 bits per heavy atom. The Kier molecular flexibility index (Phi) is 2.79. The van der Waals surface area contributed by atoms with Crippen LogP contribution >= 0.6 is 0 Å². The van der Waals surface area contributed by atoms with E-state index in [-0.39, 0.29) is 0 Å². The molecule has 1 aliphatic carbocycles. The number of rotatable bonds is 2. The predicted octanol–water partition coefficient (Wildman–Crippen LogP) is 4.03. The number of hydrogen-bond donors (Lipinski definition) is 0. The van der Waals surface area contributed by atoms with Crippen LogP contribution in [0.2, 0.25) is 9.26 Å². The quantitative estimate of drug-likeness (QED) is 0.756. The van der Waals surface area contributed by atoms with Crippen LogP contribution in [0.5, 0.6) is 0 Å². The molecule has 0 heterocycles. The molecule has 73 valence electrons. The summed E-state index contributed by atoms with van der Waals surface area (Å²) < 4.78 is 5.51. The van der Waals surface area contributed by atoms with Crippen molar-refractivity contribution in [2.75, 3.05) is 0 Å². The van der Waals surface area contributed by atoms with Crippen LogP contribution in [0.25, 0.3) is 6.08 Å². The van der Waals surface area contributed by atoms with E-state index >= 15 is 0 Å². The fourth-order valence-corrected chi connectivity index (χ4v) is 7.11. The molecule has 0 radical (unpaired) electrons. The first-order valence-electron chi connectivity index (χ1n) is 5.30. The van der Waals surface area contributed by atoms with Gasteiger partial charge in [0, 0.05) is 0 Å². The third-order valence-corrected chi connectivity index (χ3v) is 9.77. The van der Waals surface area contributed by atoms with E-state index in [2.05, 4.69) is 52.6 Å². The second-order valence-electron chi connectivity index (χ2n) is 4.25. The van der Waals surface area contributed by atoms with E-state index in [1.165, 1.54) is 12.0 Å². The van der Waals surface area contributed by atoms with Crippen molar-refractivity contribution >= 4 is 6.08 Å². The Balaban J connectivity index is 2.55. The Labute approximate surface area is 94.7 Å². The molecule has 0 bridgehead atoms. The molecule has 0 aliphatic heterocycles. The zero-order valence-corrected chi connectivity index (χ0v) is 11.6. The average Bonchev–Trinajstić information content (AvgIpc) is 2.57. The van der Waals surface area contributed by atoms with Crippen molar-refractivity contribution in [2.24, 2.45) is 0 Å². The molecular weight excluding hydrogens is 247 g/mol. The molecule has 0 spiro atoms. The molecule has 0 nitrogen and oxygen atoms in total. The molecule has 1 unspecified atom stereocenters. The molecule has 0 amide bonds. The summed E-state index contributed by atoms with van der Waals surface area (Å²) in [6, 6.07) is 8.90. The van der Waals surface area contributed by atoms with Crippen molar-refractivity contribution in [2.45, 2.75) is 25.7 Å². The van der Waals surface area contributed by atoms with Gasteiger partial charge in [-0.2, -0.15) is 0 Å². The minimum atomic E-state index is -1.25. The molecular formula is C13H17Zr. The third kappa shape index (κ3) is 1.37. The molecule has 0 saturated heterocycles. The monoisotopic (exact) mass is 263 g/mol. The first-order valence-corrected chi connectivity index (χ1v) is 11.4. The summed E-state index contributed by atoms with van der Waals surface area (Å²) >= 11 is -1.25. The molecule has 1 heteroatoms. The molecule has 0 aromatic heterocycles. The molecule has 0 fully saturated rings. The fourth-order valence-electron chi connectivity index (χ4n) is 2.47. The molecule has 1 aromatic carbocycles. The van der Waals surface area contributed by atoms with E-state index in [0.29, 0.717) is 3.12 Å². The molecule has 1 aromatic rings. The second-order valence-corrected chi connectivity index (χ2v) is 11.4. The first kappa shape index (κ1) is 10.4. The van der Waals surface area contributed by atoms with Gasteiger partial charge in [-0.05, 0) is 0 Å². The number of hydrogen-bond acceptors (Lipinski definition) is 0. The van der Waals surface area contributed by atoms with Crippen LogP contribution in [-0.2, 0) is 24.9 Å². The SMILES string of the molecule is CC[C]1([Zr]([CH3])[CH3])C=Cc2ccccc21. The molecule has 0 N–H and O–H groups in total. The summed E-state index contributed by atoms with van der Waals surface area (Å²) in [5.74, 6) is 0. The number of benzene rings is 1. The van der Waals surface area contributed by atoms with Gasteiger partial charge in [-0.15, -0.1) is 0 Å². The van der Waals surface area contributed by atoms with Gasteiger partial charge in [0.15, 0.2) is 0 Å². The van der Waals surface area contributed by atoms with Gasteiger partial charge in [-0.3, -0.25) is 0 Å². The van der Waals surface area contributed by atoms with E-state index in [4.69, 9.17) is 0 Å². The standard InChI is InChI=1S/C11H11.2CH3.Zr/c1-2-9-7-8-10-5-3-4-6-11(9)10;;;/h3-8H,2H2,1H3;2*1H3;. The van der Waals surface area contributed by atoms with Gasteiger partial charge in [0.2, 0.25) is 0 Å². The summed E-state index contributed by atoms with van der Waals surface area (Å²) in [5.41, 5.74) is 3.05. The summed E-state index contributed by atoms with van der Waals surface area (Å²) in [6.45, 7) is 2.33. The summed E-state index contributed by atoms with van der Waals surface area (Å²) in [7, 11) is 0.